The number of hydrogen-bond donors (Lipinski definition) is 1. The van der Waals surface area contributed by atoms with Crippen molar-refractivity contribution in [2.24, 2.45) is 7.05 Å². The Morgan fingerprint density at radius 3 is 2.60 bits per heavy atom. The van der Waals surface area contributed by atoms with Gasteiger partial charge in [0.15, 0.2) is 0 Å². The average Bonchev–Trinajstić information content (AvgIpc) is 2.65. The van der Waals surface area contributed by atoms with Crippen LogP contribution >= 0.6 is 15.9 Å². The SMILES string of the molecule is Cc1ccc(S(=O)(=O)NCc2cn(C)nc2C)c(Br)c1. The Labute approximate surface area is 127 Å². The van der Waals surface area contributed by atoms with Gasteiger partial charge in [-0.3, -0.25) is 4.68 Å². The van der Waals surface area contributed by atoms with E-state index in [-0.39, 0.29) is 11.4 Å². The van der Waals surface area contributed by atoms with Crippen LogP contribution in [0.2, 0.25) is 0 Å². The van der Waals surface area contributed by atoms with E-state index in [9.17, 15) is 8.42 Å². The first-order valence-corrected chi connectivity index (χ1v) is 8.32. The third-order valence-electron chi connectivity index (χ3n) is 2.94. The predicted octanol–water partition coefficient (Wildman–Crippen LogP) is 2.28. The second-order valence-corrected chi connectivity index (χ2v) is 7.26. The maximum atomic E-state index is 12.3. The van der Waals surface area contributed by atoms with Crippen LogP contribution in [0.5, 0.6) is 0 Å². The zero-order valence-corrected chi connectivity index (χ0v) is 13.9. The highest BCUT2D eigenvalue weighted by molar-refractivity contribution is 9.10. The minimum atomic E-state index is -3.55. The lowest BCUT2D eigenvalue weighted by Gasteiger charge is -2.08. The fourth-order valence-electron chi connectivity index (χ4n) is 1.90. The molecule has 0 saturated heterocycles. The van der Waals surface area contributed by atoms with Crippen molar-refractivity contribution in [1.29, 1.82) is 0 Å². The molecule has 0 radical (unpaired) electrons. The quantitative estimate of drug-likeness (QED) is 0.912. The standard InChI is InChI=1S/C13H16BrN3O2S/c1-9-4-5-13(12(14)6-9)20(18,19)15-7-11-8-17(3)16-10(11)2/h4-6,8,15H,7H2,1-3H3. The van der Waals surface area contributed by atoms with Gasteiger partial charge in [0, 0.05) is 29.8 Å². The van der Waals surface area contributed by atoms with Gasteiger partial charge < -0.3 is 0 Å². The first kappa shape index (κ1) is 15.2. The third kappa shape index (κ3) is 3.28. The smallest absolute Gasteiger partial charge is 0.241 e. The van der Waals surface area contributed by atoms with Gasteiger partial charge in [0.25, 0.3) is 0 Å². The van der Waals surface area contributed by atoms with Crippen LogP contribution in [0.25, 0.3) is 0 Å². The molecule has 2 aromatic rings. The van der Waals surface area contributed by atoms with Crippen molar-refractivity contribution in [3.8, 4) is 0 Å². The number of sulfonamides is 1. The molecule has 0 atom stereocenters. The minimum absolute atomic E-state index is 0.225. The van der Waals surface area contributed by atoms with Crippen molar-refractivity contribution in [2.45, 2.75) is 25.3 Å². The fourth-order valence-corrected chi connectivity index (χ4v) is 4.09. The number of nitrogens with one attached hydrogen (secondary N) is 1. The first-order chi connectivity index (χ1) is 9.29. The van der Waals surface area contributed by atoms with E-state index in [1.807, 2.05) is 27.1 Å². The molecular weight excluding hydrogens is 342 g/mol. The molecule has 0 amide bonds. The van der Waals surface area contributed by atoms with Gasteiger partial charge >= 0.3 is 0 Å². The molecule has 0 bridgehead atoms. The van der Waals surface area contributed by atoms with Crippen molar-refractivity contribution >= 4 is 26.0 Å². The molecule has 0 fully saturated rings. The van der Waals surface area contributed by atoms with Crippen molar-refractivity contribution in [3.63, 3.8) is 0 Å². The van der Waals surface area contributed by atoms with Crippen LogP contribution < -0.4 is 4.72 Å². The van der Waals surface area contributed by atoms with Gasteiger partial charge in [-0.15, -0.1) is 0 Å². The van der Waals surface area contributed by atoms with E-state index in [1.54, 1.807) is 22.9 Å². The van der Waals surface area contributed by atoms with Gasteiger partial charge in [-0.05, 0) is 47.5 Å². The third-order valence-corrected chi connectivity index (χ3v) is 5.32. The zero-order chi connectivity index (χ0) is 14.9. The van der Waals surface area contributed by atoms with Crippen LogP contribution in [0.4, 0.5) is 0 Å². The van der Waals surface area contributed by atoms with Gasteiger partial charge in [0.1, 0.15) is 0 Å². The van der Waals surface area contributed by atoms with Crippen LogP contribution in [0.15, 0.2) is 33.8 Å². The lowest BCUT2D eigenvalue weighted by molar-refractivity contribution is 0.580. The van der Waals surface area contributed by atoms with Crippen molar-refractivity contribution in [3.05, 3.63) is 45.7 Å². The van der Waals surface area contributed by atoms with E-state index in [4.69, 9.17) is 0 Å². The number of nitrogens with zero attached hydrogens (tertiary/aromatic N) is 2. The van der Waals surface area contributed by atoms with Gasteiger partial charge in [0.05, 0.1) is 10.6 Å². The molecule has 1 aromatic heterocycles. The van der Waals surface area contributed by atoms with Crippen LogP contribution in [0.1, 0.15) is 16.8 Å². The summed E-state index contributed by atoms with van der Waals surface area (Å²) in [5, 5.41) is 4.19. The van der Waals surface area contributed by atoms with E-state index in [1.165, 1.54) is 0 Å². The Kier molecular flexibility index (Phi) is 4.31. The fraction of sp³-hybridized carbons (Fsp3) is 0.308. The molecule has 0 aliphatic rings. The number of aromatic nitrogens is 2. The number of rotatable bonds is 4. The summed E-state index contributed by atoms with van der Waals surface area (Å²) in [5.41, 5.74) is 2.68. The molecule has 0 spiro atoms. The first-order valence-electron chi connectivity index (χ1n) is 6.04. The maximum Gasteiger partial charge on any atom is 0.241 e. The number of aryl methyl sites for hydroxylation is 3. The Morgan fingerprint density at radius 1 is 1.35 bits per heavy atom. The minimum Gasteiger partial charge on any atom is -0.275 e. The summed E-state index contributed by atoms with van der Waals surface area (Å²) in [4.78, 5) is 0.240. The largest absolute Gasteiger partial charge is 0.275 e. The van der Waals surface area contributed by atoms with Gasteiger partial charge in [0.2, 0.25) is 10.0 Å². The molecule has 0 saturated carbocycles. The maximum absolute atomic E-state index is 12.3. The second kappa shape index (κ2) is 5.67. The molecule has 0 aliphatic heterocycles. The van der Waals surface area contributed by atoms with E-state index in [0.29, 0.717) is 4.47 Å². The van der Waals surface area contributed by atoms with Gasteiger partial charge in [-0.25, -0.2) is 13.1 Å². The molecule has 7 heteroatoms. The Morgan fingerprint density at radius 2 is 2.05 bits per heavy atom. The Hall–Kier alpha value is -1.18. The molecule has 5 nitrogen and oxygen atoms in total. The van der Waals surface area contributed by atoms with E-state index in [2.05, 4.69) is 25.8 Å². The Balaban J connectivity index is 2.21. The predicted molar refractivity (Wildman–Crippen MR) is 80.8 cm³/mol. The van der Waals surface area contributed by atoms with Crippen molar-refractivity contribution in [2.75, 3.05) is 0 Å². The average molecular weight is 358 g/mol. The lowest BCUT2D eigenvalue weighted by Crippen LogP contribution is -2.23. The highest BCUT2D eigenvalue weighted by atomic mass is 79.9. The monoisotopic (exact) mass is 357 g/mol. The number of hydrogen-bond acceptors (Lipinski definition) is 3. The molecular formula is C13H16BrN3O2S. The topological polar surface area (TPSA) is 64.0 Å². The highest BCUT2D eigenvalue weighted by Gasteiger charge is 2.18. The lowest BCUT2D eigenvalue weighted by atomic mass is 10.2. The summed E-state index contributed by atoms with van der Waals surface area (Å²) >= 11 is 3.29. The molecule has 108 valence electrons. The van der Waals surface area contributed by atoms with Crippen LogP contribution in [0, 0.1) is 13.8 Å². The number of benzene rings is 1. The molecule has 2 rings (SSSR count). The molecule has 1 heterocycles. The van der Waals surface area contributed by atoms with Crippen molar-refractivity contribution < 1.29 is 8.42 Å². The molecule has 0 unspecified atom stereocenters. The molecule has 1 aromatic carbocycles. The van der Waals surface area contributed by atoms with Crippen molar-refractivity contribution in [1.82, 2.24) is 14.5 Å². The summed E-state index contributed by atoms with van der Waals surface area (Å²) in [7, 11) is -1.74. The second-order valence-electron chi connectivity index (χ2n) is 4.67. The number of halogens is 1. The summed E-state index contributed by atoms with van der Waals surface area (Å²) in [6, 6.07) is 5.15. The summed E-state index contributed by atoms with van der Waals surface area (Å²) in [6.45, 7) is 3.99. The van der Waals surface area contributed by atoms with Gasteiger partial charge in [-0.2, -0.15) is 5.10 Å². The van der Waals surface area contributed by atoms with Crippen LogP contribution in [-0.2, 0) is 23.6 Å². The summed E-state index contributed by atoms with van der Waals surface area (Å²) in [6.07, 6.45) is 1.81. The molecule has 0 aliphatic carbocycles. The van der Waals surface area contributed by atoms with E-state index < -0.39 is 10.0 Å². The summed E-state index contributed by atoms with van der Waals surface area (Å²) in [5.74, 6) is 0. The zero-order valence-electron chi connectivity index (χ0n) is 11.5. The molecule has 20 heavy (non-hydrogen) atoms. The highest BCUT2D eigenvalue weighted by Crippen LogP contribution is 2.23. The van der Waals surface area contributed by atoms with Gasteiger partial charge in [-0.1, -0.05) is 6.07 Å². The molecule has 1 N–H and O–H groups in total. The van der Waals surface area contributed by atoms with Crippen LogP contribution in [0.3, 0.4) is 0 Å². The van der Waals surface area contributed by atoms with Crippen LogP contribution in [-0.4, -0.2) is 18.2 Å². The Bertz CT molecular complexity index is 738. The normalized spacial score (nSPS) is 11.8. The van der Waals surface area contributed by atoms with E-state index in [0.717, 1.165) is 16.8 Å². The summed E-state index contributed by atoms with van der Waals surface area (Å²) < 4.78 is 29.4. The van der Waals surface area contributed by atoms with E-state index >= 15 is 0 Å².